The van der Waals surface area contributed by atoms with Crippen LogP contribution in [-0.2, 0) is 11.8 Å². The van der Waals surface area contributed by atoms with Crippen molar-refractivity contribution in [2.24, 2.45) is 0 Å². The molecule has 5 rings (SSSR count). The quantitative estimate of drug-likeness (QED) is 0.577. The highest BCUT2D eigenvalue weighted by atomic mass is 35.5. The van der Waals surface area contributed by atoms with Gasteiger partial charge in [0, 0.05) is 22.2 Å². The zero-order chi connectivity index (χ0) is 20.9. The second-order valence-corrected chi connectivity index (χ2v) is 8.63. The maximum absolute atomic E-state index is 9.95. The second kappa shape index (κ2) is 6.90. The number of nitriles is 1. The van der Waals surface area contributed by atoms with E-state index in [-0.39, 0.29) is 5.41 Å². The molecule has 148 valence electrons. The van der Waals surface area contributed by atoms with Gasteiger partial charge in [-0.3, -0.25) is 0 Å². The van der Waals surface area contributed by atoms with Crippen LogP contribution in [0.25, 0.3) is 11.3 Å². The monoisotopic (exact) mass is 412 g/mol. The first-order valence-corrected chi connectivity index (χ1v) is 10.4. The van der Waals surface area contributed by atoms with Gasteiger partial charge in [0.15, 0.2) is 5.82 Å². The summed E-state index contributed by atoms with van der Waals surface area (Å²) in [5.41, 5.74) is 6.62. The highest BCUT2D eigenvalue weighted by Gasteiger charge is 2.49. The Balaban J connectivity index is 1.51. The number of allylic oxidation sites excluding steroid dienone is 2. The molecular weight excluding hydrogens is 392 g/mol. The number of anilines is 1. The van der Waals surface area contributed by atoms with Gasteiger partial charge < -0.3 is 5.32 Å². The number of halogens is 1. The molecule has 1 N–H and O–H groups in total. The van der Waals surface area contributed by atoms with Gasteiger partial charge >= 0.3 is 0 Å². The molecule has 1 aliphatic carbocycles. The lowest BCUT2D eigenvalue weighted by Crippen LogP contribution is -2.14. The zero-order valence-electron chi connectivity index (χ0n) is 16.7. The molecule has 30 heavy (non-hydrogen) atoms. The Morgan fingerprint density at radius 1 is 1.17 bits per heavy atom. The van der Waals surface area contributed by atoms with Crippen LogP contribution in [0.2, 0.25) is 5.02 Å². The summed E-state index contributed by atoms with van der Waals surface area (Å²) >= 11 is 6.03. The summed E-state index contributed by atoms with van der Waals surface area (Å²) in [5, 5.41) is 18.8. The zero-order valence-corrected chi connectivity index (χ0v) is 17.5. The fraction of sp³-hybridized carbons (Fsp3) is 0.200. The molecule has 5 heteroatoms. The van der Waals surface area contributed by atoms with Crippen molar-refractivity contribution in [1.82, 2.24) is 9.78 Å². The summed E-state index contributed by atoms with van der Waals surface area (Å²) in [6, 6.07) is 18.7. The third-order valence-electron chi connectivity index (χ3n) is 6.09. The minimum Gasteiger partial charge on any atom is -0.345 e. The Kier molecular flexibility index (Phi) is 4.30. The van der Waals surface area contributed by atoms with E-state index in [0.29, 0.717) is 16.4 Å². The lowest BCUT2D eigenvalue weighted by atomic mass is 9.90. The predicted octanol–water partition coefficient (Wildman–Crippen LogP) is 5.93. The van der Waals surface area contributed by atoms with Crippen LogP contribution in [0.3, 0.4) is 0 Å². The van der Waals surface area contributed by atoms with E-state index in [1.54, 1.807) is 4.68 Å². The Morgan fingerprint density at radius 2 is 1.87 bits per heavy atom. The van der Waals surface area contributed by atoms with Crippen LogP contribution in [0.4, 0.5) is 5.82 Å². The van der Waals surface area contributed by atoms with Gasteiger partial charge in [-0.2, -0.15) is 10.4 Å². The molecule has 1 aromatic heterocycles. The molecule has 0 spiro atoms. The average molecular weight is 413 g/mol. The van der Waals surface area contributed by atoms with Crippen molar-refractivity contribution >= 4 is 28.7 Å². The number of nitrogens with one attached hydrogen (secondary N) is 1. The smallest absolute Gasteiger partial charge is 0.152 e. The standard InChI is InChI=1S/C25H21ClN4/c1-16-3-5-18(6-4-16)13-25(11-12-25)23-21(14-27)24-28-15-22(17(2)30(24)29-23)19-7-9-20(26)10-8-19/h3-10,15,28H,2,11-13H2,1H3. The van der Waals surface area contributed by atoms with Crippen molar-refractivity contribution in [3.63, 3.8) is 0 Å². The van der Waals surface area contributed by atoms with Crippen molar-refractivity contribution in [3.8, 4) is 6.07 Å². The van der Waals surface area contributed by atoms with Gasteiger partial charge in [0.1, 0.15) is 11.6 Å². The predicted molar refractivity (Wildman–Crippen MR) is 121 cm³/mol. The van der Waals surface area contributed by atoms with Crippen LogP contribution in [-0.4, -0.2) is 9.78 Å². The molecule has 3 aromatic rings. The highest BCUT2D eigenvalue weighted by molar-refractivity contribution is 6.30. The van der Waals surface area contributed by atoms with E-state index in [4.69, 9.17) is 16.7 Å². The largest absolute Gasteiger partial charge is 0.345 e. The van der Waals surface area contributed by atoms with E-state index < -0.39 is 0 Å². The number of hydrogen-bond acceptors (Lipinski definition) is 3. The molecule has 0 bridgehead atoms. The normalized spacial score (nSPS) is 16.3. The summed E-state index contributed by atoms with van der Waals surface area (Å²) in [4.78, 5) is 0. The van der Waals surface area contributed by atoms with Crippen LogP contribution < -0.4 is 5.32 Å². The molecule has 2 aromatic carbocycles. The van der Waals surface area contributed by atoms with Crippen molar-refractivity contribution in [3.05, 3.63) is 94.3 Å². The average Bonchev–Trinajstić information content (AvgIpc) is 3.42. The van der Waals surface area contributed by atoms with Crippen LogP contribution in [0, 0.1) is 18.3 Å². The van der Waals surface area contributed by atoms with Crippen LogP contribution >= 0.6 is 11.6 Å². The van der Waals surface area contributed by atoms with Crippen LogP contribution in [0.5, 0.6) is 0 Å². The van der Waals surface area contributed by atoms with E-state index in [1.807, 2.05) is 30.5 Å². The van der Waals surface area contributed by atoms with Gasteiger partial charge in [0.25, 0.3) is 0 Å². The highest BCUT2D eigenvalue weighted by Crippen LogP contribution is 2.52. The van der Waals surface area contributed by atoms with Crippen molar-refractivity contribution in [2.75, 3.05) is 5.32 Å². The molecule has 0 unspecified atom stereocenters. The van der Waals surface area contributed by atoms with E-state index in [2.05, 4.69) is 49.2 Å². The molecule has 1 saturated carbocycles. The van der Waals surface area contributed by atoms with Gasteiger partial charge in [-0.1, -0.05) is 60.1 Å². The topological polar surface area (TPSA) is 53.6 Å². The molecule has 1 fully saturated rings. The summed E-state index contributed by atoms with van der Waals surface area (Å²) in [7, 11) is 0. The third kappa shape index (κ3) is 3.03. The SMILES string of the molecule is C=C1C(c2ccc(Cl)cc2)=CNc2c(C#N)c(C3(Cc4ccc(C)cc4)CC3)nn21. The van der Waals surface area contributed by atoms with E-state index in [1.165, 1.54) is 11.1 Å². The molecule has 0 atom stereocenters. The first-order valence-electron chi connectivity index (χ1n) is 10.0. The number of fused-ring (bicyclic) bond motifs is 1. The van der Waals surface area contributed by atoms with Gasteiger partial charge in [0.05, 0.1) is 11.4 Å². The molecule has 0 radical (unpaired) electrons. The van der Waals surface area contributed by atoms with Crippen molar-refractivity contribution in [2.45, 2.75) is 31.6 Å². The molecule has 0 saturated heterocycles. The fourth-order valence-electron chi connectivity index (χ4n) is 4.19. The molecule has 0 amide bonds. The maximum Gasteiger partial charge on any atom is 0.152 e. The van der Waals surface area contributed by atoms with Crippen molar-refractivity contribution < 1.29 is 0 Å². The van der Waals surface area contributed by atoms with Gasteiger partial charge in [-0.05, 0) is 49.4 Å². The number of nitrogens with zero attached hydrogens (tertiary/aromatic N) is 3. The van der Waals surface area contributed by atoms with Crippen molar-refractivity contribution in [1.29, 1.82) is 5.26 Å². The van der Waals surface area contributed by atoms with E-state index >= 15 is 0 Å². The summed E-state index contributed by atoms with van der Waals surface area (Å²) in [6.07, 6.45) is 4.86. The number of benzene rings is 2. The number of aryl methyl sites for hydroxylation is 1. The van der Waals surface area contributed by atoms with Crippen LogP contribution in [0.1, 0.15) is 40.8 Å². The Hall–Kier alpha value is -3.29. The molecular formula is C25H21ClN4. The summed E-state index contributed by atoms with van der Waals surface area (Å²) < 4.78 is 1.78. The Labute approximate surface area is 181 Å². The molecule has 2 aliphatic rings. The van der Waals surface area contributed by atoms with E-state index in [9.17, 15) is 5.26 Å². The maximum atomic E-state index is 9.95. The summed E-state index contributed by atoms with van der Waals surface area (Å²) in [6.45, 7) is 6.36. The van der Waals surface area contributed by atoms with E-state index in [0.717, 1.165) is 41.8 Å². The first kappa shape index (κ1) is 18.7. The van der Waals surface area contributed by atoms with Crippen LogP contribution in [0.15, 0.2) is 61.3 Å². The van der Waals surface area contributed by atoms with Gasteiger partial charge in [0.2, 0.25) is 0 Å². The molecule has 1 aliphatic heterocycles. The van der Waals surface area contributed by atoms with Gasteiger partial charge in [-0.25, -0.2) is 4.68 Å². The number of aromatic nitrogens is 2. The number of rotatable bonds is 4. The Morgan fingerprint density at radius 3 is 2.50 bits per heavy atom. The number of hydrogen-bond donors (Lipinski definition) is 1. The minimum atomic E-state index is -0.0763. The van der Waals surface area contributed by atoms with Gasteiger partial charge in [-0.15, -0.1) is 0 Å². The lowest BCUT2D eigenvalue weighted by Gasteiger charge is -2.19. The lowest BCUT2D eigenvalue weighted by molar-refractivity contribution is 0.648. The second-order valence-electron chi connectivity index (χ2n) is 8.19. The molecule has 2 heterocycles. The molecule has 4 nitrogen and oxygen atoms in total. The minimum absolute atomic E-state index is 0.0763. The first-order chi connectivity index (χ1) is 14.5. The summed E-state index contributed by atoms with van der Waals surface area (Å²) in [5.74, 6) is 0.699. The third-order valence-corrected chi connectivity index (χ3v) is 6.34. The fourth-order valence-corrected chi connectivity index (χ4v) is 4.31. The Bertz CT molecular complexity index is 1220.